The molecule has 0 unspecified atom stereocenters. The van der Waals surface area contributed by atoms with Gasteiger partial charge in [0, 0.05) is 50.2 Å². The number of ether oxygens (including phenoxy) is 1. The highest BCUT2D eigenvalue weighted by Gasteiger charge is 2.26. The summed E-state index contributed by atoms with van der Waals surface area (Å²) in [4.78, 5) is 36.2. The summed E-state index contributed by atoms with van der Waals surface area (Å²) in [6, 6.07) is 3.70. The van der Waals surface area contributed by atoms with E-state index in [1.807, 2.05) is 12.1 Å². The summed E-state index contributed by atoms with van der Waals surface area (Å²) in [5.41, 5.74) is 1.15. The third-order valence-corrected chi connectivity index (χ3v) is 3.83. The van der Waals surface area contributed by atoms with Crippen LogP contribution in [0.25, 0.3) is 10.9 Å². The predicted octanol–water partition coefficient (Wildman–Crippen LogP) is 1.54. The van der Waals surface area contributed by atoms with Crippen LogP contribution < -0.4 is 0 Å². The van der Waals surface area contributed by atoms with Gasteiger partial charge >= 0.3 is 6.09 Å². The van der Waals surface area contributed by atoms with Crippen molar-refractivity contribution in [3.05, 3.63) is 36.3 Å². The average molecular weight is 314 g/mol. The van der Waals surface area contributed by atoms with E-state index in [2.05, 4.69) is 9.97 Å². The maximum Gasteiger partial charge on any atom is 0.409 e. The molecule has 0 N–H and O–H groups in total. The monoisotopic (exact) mass is 314 g/mol. The van der Waals surface area contributed by atoms with Gasteiger partial charge in [-0.25, -0.2) is 4.79 Å². The number of fused-ring (bicyclic) bond motifs is 1. The SMILES string of the molecule is CCOC(=O)N1CCN(C(=O)c2cncc3cccnc23)CC1. The van der Waals surface area contributed by atoms with E-state index in [9.17, 15) is 9.59 Å². The maximum absolute atomic E-state index is 12.7. The first-order valence-electron chi connectivity index (χ1n) is 7.60. The molecule has 7 nitrogen and oxygen atoms in total. The Kier molecular flexibility index (Phi) is 4.36. The lowest BCUT2D eigenvalue weighted by atomic mass is 10.1. The lowest BCUT2D eigenvalue weighted by molar-refractivity contribution is 0.0571. The minimum Gasteiger partial charge on any atom is -0.450 e. The third-order valence-electron chi connectivity index (χ3n) is 3.83. The van der Waals surface area contributed by atoms with Gasteiger partial charge in [0.05, 0.1) is 17.7 Å². The molecule has 2 aromatic heterocycles. The van der Waals surface area contributed by atoms with E-state index in [-0.39, 0.29) is 12.0 Å². The molecule has 2 amide bonds. The predicted molar refractivity (Wildman–Crippen MR) is 84.0 cm³/mol. The van der Waals surface area contributed by atoms with Gasteiger partial charge in [-0.3, -0.25) is 14.8 Å². The van der Waals surface area contributed by atoms with Crippen LogP contribution in [-0.4, -0.2) is 64.6 Å². The Morgan fingerprint density at radius 1 is 1.17 bits per heavy atom. The Hall–Kier alpha value is -2.70. The summed E-state index contributed by atoms with van der Waals surface area (Å²) in [7, 11) is 0. The molecule has 0 spiro atoms. The second-order valence-corrected chi connectivity index (χ2v) is 5.24. The van der Waals surface area contributed by atoms with Crippen LogP contribution in [0.2, 0.25) is 0 Å². The molecule has 23 heavy (non-hydrogen) atoms. The molecule has 1 aliphatic heterocycles. The van der Waals surface area contributed by atoms with Gasteiger partial charge in [-0.1, -0.05) is 0 Å². The van der Waals surface area contributed by atoms with E-state index in [1.165, 1.54) is 0 Å². The summed E-state index contributed by atoms with van der Waals surface area (Å²) < 4.78 is 4.98. The third kappa shape index (κ3) is 3.08. The molecule has 120 valence electrons. The molecule has 3 rings (SSSR count). The van der Waals surface area contributed by atoms with Crippen molar-refractivity contribution in [3.63, 3.8) is 0 Å². The standard InChI is InChI=1S/C16H18N4O3/c1-2-23-16(22)20-8-6-19(7-9-20)15(21)13-11-17-10-12-4-3-5-18-14(12)13/h3-5,10-11H,2,6-9H2,1H3. The molecule has 7 heteroatoms. The molecule has 0 bridgehead atoms. The summed E-state index contributed by atoms with van der Waals surface area (Å²) >= 11 is 0. The van der Waals surface area contributed by atoms with Gasteiger partial charge in [-0.2, -0.15) is 0 Å². The van der Waals surface area contributed by atoms with Crippen molar-refractivity contribution in [2.75, 3.05) is 32.8 Å². The number of amides is 2. The van der Waals surface area contributed by atoms with Crippen LogP contribution in [0.4, 0.5) is 4.79 Å². The van der Waals surface area contributed by atoms with Crippen molar-refractivity contribution in [1.29, 1.82) is 0 Å². The van der Waals surface area contributed by atoms with Gasteiger partial charge in [-0.15, -0.1) is 0 Å². The maximum atomic E-state index is 12.7. The molecule has 1 aliphatic rings. The molecule has 1 saturated heterocycles. The number of piperazine rings is 1. The molecule has 3 heterocycles. The number of carbonyl (C=O) groups is 2. The van der Waals surface area contributed by atoms with Crippen LogP contribution in [0.15, 0.2) is 30.7 Å². The number of nitrogens with zero attached hydrogens (tertiary/aromatic N) is 4. The van der Waals surface area contributed by atoms with Crippen molar-refractivity contribution >= 4 is 22.9 Å². The van der Waals surface area contributed by atoms with Crippen molar-refractivity contribution in [1.82, 2.24) is 19.8 Å². The zero-order valence-corrected chi connectivity index (χ0v) is 12.9. The van der Waals surface area contributed by atoms with E-state index in [1.54, 1.807) is 35.3 Å². The smallest absolute Gasteiger partial charge is 0.409 e. The van der Waals surface area contributed by atoms with Crippen molar-refractivity contribution in [3.8, 4) is 0 Å². The first kappa shape index (κ1) is 15.2. The van der Waals surface area contributed by atoms with Gasteiger partial charge < -0.3 is 14.5 Å². The minimum absolute atomic E-state index is 0.106. The Morgan fingerprint density at radius 2 is 1.91 bits per heavy atom. The fourth-order valence-corrected chi connectivity index (χ4v) is 2.63. The molecule has 0 aliphatic carbocycles. The number of pyridine rings is 2. The molecule has 2 aromatic rings. The zero-order chi connectivity index (χ0) is 16.2. The van der Waals surface area contributed by atoms with Crippen LogP contribution in [0, 0.1) is 0 Å². The molecular weight excluding hydrogens is 296 g/mol. The molecule has 1 fully saturated rings. The normalized spacial score (nSPS) is 14.8. The topological polar surface area (TPSA) is 75.6 Å². The quantitative estimate of drug-likeness (QED) is 0.840. The Labute approximate surface area is 133 Å². The summed E-state index contributed by atoms with van der Waals surface area (Å²) in [6.07, 6.45) is 4.58. The number of hydrogen-bond acceptors (Lipinski definition) is 5. The van der Waals surface area contributed by atoms with E-state index in [0.717, 1.165) is 5.39 Å². The first-order valence-corrected chi connectivity index (χ1v) is 7.60. The lowest BCUT2D eigenvalue weighted by Crippen LogP contribution is -2.50. The van der Waals surface area contributed by atoms with Crippen molar-refractivity contribution < 1.29 is 14.3 Å². The van der Waals surface area contributed by atoms with Crippen LogP contribution >= 0.6 is 0 Å². The van der Waals surface area contributed by atoms with Crippen LogP contribution in [0.1, 0.15) is 17.3 Å². The van der Waals surface area contributed by atoms with Crippen LogP contribution in [-0.2, 0) is 4.74 Å². The second-order valence-electron chi connectivity index (χ2n) is 5.24. The number of aromatic nitrogens is 2. The molecule has 0 radical (unpaired) electrons. The first-order chi connectivity index (χ1) is 11.2. The molecular formula is C16H18N4O3. The fourth-order valence-electron chi connectivity index (χ4n) is 2.63. The van der Waals surface area contributed by atoms with Gasteiger partial charge in [0.1, 0.15) is 0 Å². The Balaban J connectivity index is 1.73. The number of hydrogen-bond donors (Lipinski definition) is 0. The highest BCUT2D eigenvalue weighted by Crippen LogP contribution is 2.17. The largest absolute Gasteiger partial charge is 0.450 e. The Morgan fingerprint density at radius 3 is 2.65 bits per heavy atom. The van der Waals surface area contributed by atoms with Crippen molar-refractivity contribution in [2.24, 2.45) is 0 Å². The average Bonchev–Trinajstić information content (AvgIpc) is 2.61. The number of rotatable bonds is 2. The molecule has 0 saturated carbocycles. The Bertz CT molecular complexity index is 721. The van der Waals surface area contributed by atoms with Crippen molar-refractivity contribution in [2.45, 2.75) is 6.92 Å². The summed E-state index contributed by atoms with van der Waals surface area (Å²) in [6.45, 7) is 4.01. The van der Waals surface area contributed by atoms with E-state index in [4.69, 9.17) is 4.74 Å². The molecule has 0 atom stereocenters. The van der Waals surface area contributed by atoms with Gasteiger partial charge in [0.15, 0.2) is 0 Å². The van der Waals surface area contributed by atoms with E-state index >= 15 is 0 Å². The minimum atomic E-state index is -0.326. The fraction of sp³-hybridized carbons (Fsp3) is 0.375. The second kappa shape index (κ2) is 6.60. The summed E-state index contributed by atoms with van der Waals surface area (Å²) in [5, 5.41) is 0.837. The zero-order valence-electron chi connectivity index (χ0n) is 12.9. The van der Waals surface area contributed by atoms with E-state index < -0.39 is 0 Å². The van der Waals surface area contributed by atoms with Crippen LogP contribution in [0.3, 0.4) is 0 Å². The summed E-state index contributed by atoms with van der Waals surface area (Å²) in [5.74, 6) is -0.106. The van der Waals surface area contributed by atoms with Crippen LogP contribution in [0.5, 0.6) is 0 Å². The van der Waals surface area contributed by atoms with Gasteiger partial charge in [-0.05, 0) is 19.1 Å². The number of carbonyl (C=O) groups excluding carboxylic acids is 2. The highest BCUT2D eigenvalue weighted by molar-refractivity contribution is 6.04. The lowest BCUT2D eigenvalue weighted by Gasteiger charge is -2.34. The van der Waals surface area contributed by atoms with Gasteiger partial charge in [0.25, 0.3) is 5.91 Å². The van der Waals surface area contributed by atoms with Gasteiger partial charge in [0.2, 0.25) is 0 Å². The molecule has 0 aromatic carbocycles. The van der Waals surface area contributed by atoms with E-state index in [0.29, 0.717) is 43.9 Å². The highest BCUT2D eigenvalue weighted by atomic mass is 16.6.